The third kappa shape index (κ3) is 5.80. The van der Waals surface area contributed by atoms with Crippen molar-refractivity contribution in [3.63, 3.8) is 0 Å². The van der Waals surface area contributed by atoms with Crippen LogP contribution < -0.4 is 5.32 Å². The lowest BCUT2D eigenvalue weighted by atomic mass is 10.3. The highest BCUT2D eigenvalue weighted by Gasteiger charge is 2.14. The Morgan fingerprint density at radius 3 is 2.19 bits per heavy atom. The lowest BCUT2D eigenvalue weighted by Crippen LogP contribution is -2.48. The second kappa shape index (κ2) is 8.01. The highest BCUT2D eigenvalue weighted by Crippen LogP contribution is 1.99. The monoisotopic (exact) mass is 228 g/mol. The van der Waals surface area contributed by atoms with Gasteiger partial charge in [-0.1, -0.05) is 6.92 Å². The lowest BCUT2D eigenvalue weighted by molar-refractivity contribution is 0.138. The molecule has 1 fully saturated rings. The van der Waals surface area contributed by atoms with E-state index in [0.29, 0.717) is 0 Å². The van der Waals surface area contributed by atoms with E-state index in [4.69, 9.17) is 0 Å². The summed E-state index contributed by atoms with van der Waals surface area (Å²) >= 11 is 0. The maximum Gasteiger partial charge on any atom is 0.0110 e. The summed E-state index contributed by atoms with van der Waals surface area (Å²) in [6.45, 7) is 13.0. The first-order valence-electron chi connectivity index (χ1n) is 6.52. The Morgan fingerprint density at radius 2 is 1.62 bits per heavy atom. The average Bonchev–Trinajstić information content (AvgIpc) is 2.29. The van der Waals surface area contributed by atoms with Crippen molar-refractivity contribution in [1.29, 1.82) is 0 Å². The Labute approximate surface area is 101 Å². The van der Waals surface area contributed by atoms with Crippen molar-refractivity contribution in [2.45, 2.75) is 6.92 Å². The molecule has 16 heavy (non-hydrogen) atoms. The maximum atomic E-state index is 3.49. The highest BCUT2D eigenvalue weighted by molar-refractivity contribution is 4.71. The third-order valence-corrected chi connectivity index (χ3v) is 3.25. The van der Waals surface area contributed by atoms with Crippen molar-refractivity contribution in [3.8, 4) is 0 Å². The molecule has 0 unspecified atom stereocenters. The number of likely N-dealkylation sites (N-methyl/N-ethyl adjacent to an activating group) is 2. The fourth-order valence-corrected chi connectivity index (χ4v) is 1.99. The van der Waals surface area contributed by atoms with Gasteiger partial charge in [-0.05, 0) is 20.6 Å². The molecule has 0 aromatic rings. The van der Waals surface area contributed by atoms with Gasteiger partial charge in [0.2, 0.25) is 0 Å². The zero-order valence-electron chi connectivity index (χ0n) is 11.2. The molecule has 0 atom stereocenters. The summed E-state index contributed by atoms with van der Waals surface area (Å²) in [6, 6.07) is 0. The van der Waals surface area contributed by atoms with Crippen molar-refractivity contribution in [2.24, 2.45) is 0 Å². The Morgan fingerprint density at radius 1 is 1.00 bits per heavy atom. The van der Waals surface area contributed by atoms with Gasteiger partial charge < -0.3 is 15.1 Å². The number of piperazine rings is 1. The quantitative estimate of drug-likeness (QED) is 0.608. The summed E-state index contributed by atoms with van der Waals surface area (Å²) in [5.74, 6) is 0. The number of nitrogens with one attached hydrogen (secondary N) is 1. The van der Waals surface area contributed by atoms with E-state index in [9.17, 15) is 0 Å². The molecule has 0 saturated carbocycles. The maximum absolute atomic E-state index is 3.49. The molecule has 0 aromatic carbocycles. The lowest BCUT2D eigenvalue weighted by Gasteiger charge is -2.34. The summed E-state index contributed by atoms with van der Waals surface area (Å²) in [7, 11) is 4.23. The fraction of sp³-hybridized carbons (Fsp3) is 1.00. The molecule has 0 spiro atoms. The second-order valence-electron chi connectivity index (χ2n) is 4.83. The van der Waals surface area contributed by atoms with Crippen LogP contribution in [0.3, 0.4) is 0 Å². The predicted octanol–water partition coefficient (Wildman–Crippen LogP) is -0.225. The van der Waals surface area contributed by atoms with Crippen LogP contribution in [-0.2, 0) is 0 Å². The molecule has 1 aliphatic rings. The van der Waals surface area contributed by atoms with E-state index in [2.05, 4.69) is 41.0 Å². The van der Waals surface area contributed by atoms with Crippen LogP contribution in [0.2, 0.25) is 0 Å². The predicted molar refractivity (Wildman–Crippen MR) is 70.0 cm³/mol. The normalized spacial score (nSPS) is 19.5. The molecule has 0 aliphatic carbocycles. The topological polar surface area (TPSA) is 21.8 Å². The van der Waals surface area contributed by atoms with Gasteiger partial charge in [-0.3, -0.25) is 4.90 Å². The van der Waals surface area contributed by atoms with Crippen molar-refractivity contribution in [2.75, 3.05) is 73.0 Å². The molecule has 0 bridgehead atoms. The van der Waals surface area contributed by atoms with Crippen molar-refractivity contribution in [3.05, 3.63) is 0 Å². The van der Waals surface area contributed by atoms with Gasteiger partial charge in [0.25, 0.3) is 0 Å². The van der Waals surface area contributed by atoms with Gasteiger partial charge in [0.15, 0.2) is 0 Å². The van der Waals surface area contributed by atoms with E-state index >= 15 is 0 Å². The molecule has 1 aliphatic heterocycles. The van der Waals surface area contributed by atoms with Crippen LogP contribution in [0.15, 0.2) is 0 Å². The fourth-order valence-electron chi connectivity index (χ4n) is 1.99. The second-order valence-corrected chi connectivity index (χ2v) is 4.83. The van der Waals surface area contributed by atoms with Crippen LogP contribution in [0.1, 0.15) is 6.92 Å². The minimum absolute atomic E-state index is 1.10. The van der Waals surface area contributed by atoms with E-state index in [0.717, 1.165) is 19.6 Å². The molecular formula is C12H28N4. The van der Waals surface area contributed by atoms with Gasteiger partial charge in [0.1, 0.15) is 0 Å². The molecule has 0 aromatic heterocycles. The van der Waals surface area contributed by atoms with Gasteiger partial charge >= 0.3 is 0 Å². The van der Waals surface area contributed by atoms with E-state index in [1.54, 1.807) is 0 Å². The Kier molecular flexibility index (Phi) is 6.96. The van der Waals surface area contributed by atoms with E-state index in [-0.39, 0.29) is 0 Å². The van der Waals surface area contributed by atoms with E-state index in [1.165, 1.54) is 39.3 Å². The Bertz CT molecular complexity index is 164. The van der Waals surface area contributed by atoms with Gasteiger partial charge in [0.05, 0.1) is 0 Å². The van der Waals surface area contributed by atoms with Gasteiger partial charge in [-0.2, -0.15) is 0 Å². The average molecular weight is 228 g/mol. The number of hydrogen-bond donors (Lipinski definition) is 1. The van der Waals surface area contributed by atoms with Crippen molar-refractivity contribution < 1.29 is 0 Å². The minimum atomic E-state index is 1.10. The van der Waals surface area contributed by atoms with Gasteiger partial charge in [-0.15, -0.1) is 0 Å². The first-order valence-corrected chi connectivity index (χ1v) is 6.52. The summed E-state index contributed by atoms with van der Waals surface area (Å²) in [6.07, 6.45) is 0. The van der Waals surface area contributed by atoms with Crippen molar-refractivity contribution >= 4 is 0 Å². The minimum Gasteiger partial charge on any atom is -0.314 e. The molecular weight excluding hydrogens is 200 g/mol. The van der Waals surface area contributed by atoms with E-state index in [1.807, 2.05) is 0 Å². The standard InChI is InChI=1S/C12H28N4/c1-4-15-9-11-16(12-10-15)8-6-13-5-7-14(2)3/h13H,4-12H2,1-3H3. The van der Waals surface area contributed by atoms with Crippen molar-refractivity contribution in [1.82, 2.24) is 20.0 Å². The van der Waals surface area contributed by atoms with Gasteiger partial charge in [-0.25, -0.2) is 0 Å². The van der Waals surface area contributed by atoms with Crippen LogP contribution in [-0.4, -0.2) is 87.7 Å². The van der Waals surface area contributed by atoms with Crippen LogP contribution >= 0.6 is 0 Å². The molecule has 4 heteroatoms. The molecule has 4 nitrogen and oxygen atoms in total. The molecule has 1 N–H and O–H groups in total. The molecule has 1 saturated heterocycles. The summed E-state index contributed by atoms with van der Waals surface area (Å²) < 4.78 is 0. The van der Waals surface area contributed by atoms with Crippen LogP contribution in [0.5, 0.6) is 0 Å². The van der Waals surface area contributed by atoms with Crippen LogP contribution in [0.4, 0.5) is 0 Å². The largest absolute Gasteiger partial charge is 0.314 e. The molecule has 1 rings (SSSR count). The highest BCUT2D eigenvalue weighted by atomic mass is 15.3. The van der Waals surface area contributed by atoms with Gasteiger partial charge in [0, 0.05) is 52.4 Å². The van der Waals surface area contributed by atoms with E-state index < -0.39 is 0 Å². The third-order valence-electron chi connectivity index (χ3n) is 3.25. The SMILES string of the molecule is CCN1CCN(CCNCCN(C)C)CC1. The zero-order valence-corrected chi connectivity index (χ0v) is 11.2. The number of rotatable bonds is 7. The zero-order chi connectivity index (χ0) is 11.8. The first kappa shape index (κ1) is 13.9. The molecule has 1 heterocycles. The van der Waals surface area contributed by atoms with Crippen LogP contribution in [0, 0.1) is 0 Å². The smallest absolute Gasteiger partial charge is 0.0110 e. The summed E-state index contributed by atoms with van der Waals surface area (Å²) in [5, 5.41) is 3.49. The molecule has 96 valence electrons. The number of hydrogen-bond acceptors (Lipinski definition) is 4. The summed E-state index contributed by atoms with van der Waals surface area (Å²) in [5.41, 5.74) is 0. The van der Waals surface area contributed by atoms with Crippen LogP contribution in [0.25, 0.3) is 0 Å². The Hall–Kier alpha value is -0.160. The molecule has 0 amide bonds. The molecule has 0 radical (unpaired) electrons. The first-order chi connectivity index (χ1) is 7.72. The Balaban J connectivity index is 1.94. The number of nitrogens with zero attached hydrogens (tertiary/aromatic N) is 3. The summed E-state index contributed by atoms with van der Waals surface area (Å²) in [4.78, 5) is 7.30.